The van der Waals surface area contributed by atoms with Crippen molar-refractivity contribution in [2.75, 3.05) is 44.3 Å². The van der Waals surface area contributed by atoms with E-state index in [0.717, 1.165) is 28.6 Å². The average Bonchev–Trinajstić information content (AvgIpc) is 3.41. The molecule has 2 N–H and O–H groups in total. The van der Waals surface area contributed by atoms with Gasteiger partial charge in [-0.15, -0.1) is 0 Å². The Morgan fingerprint density at radius 3 is 2.89 bits per heavy atom. The molecule has 1 amide bonds. The first kappa shape index (κ1) is 19.9. The largest absolute Gasteiger partial charge is 0.379 e. The number of hydrogen-bond acceptors (Lipinski definition) is 7. The molecule has 2 aliphatic rings. The van der Waals surface area contributed by atoms with E-state index in [1.54, 1.807) is 12.1 Å². The first-order valence-corrected chi connectivity index (χ1v) is 12.1. The fourth-order valence-electron chi connectivity index (χ4n) is 4.66. The van der Waals surface area contributed by atoms with Gasteiger partial charge in [0.15, 0.2) is 0 Å². The topological polar surface area (TPSA) is 103 Å². The first-order chi connectivity index (χ1) is 18.2. The number of amides is 1. The van der Waals surface area contributed by atoms with Crippen molar-refractivity contribution in [2.24, 2.45) is 0 Å². The molecule has 2 saturated heterocycles. The maximum Gasteiger partial charge on any atom is 0.270 e. The zero-order valence-corrected chi connectivity index (χ0v) is 19.8. The quantitative estimate of drug-likeness (QED) is 0.558. The summed E-state index contributed by atoms with van der Waals surface area (Å²) in [6.45, 7) is 3.88. The predicted molar refractivity (Wildman–Crippen MR) is 135 cm³/mol. The maximum atomic E-state index is 12.7. The molecule has 1 atom stereocenters. The number of hydrogen-bond donors (Lipinski definition) is 2. The van der Waals surface area contributed by atoms with Crippen molar-refractivity contribution in [3.63, 3.8) is 0 Å². The van der Waals surface area contributed by atoms with Crippen LogP contribution in [-0.2, 0) is 17.7 Å². The Kier molecular flexibility index (Phi) is 5.77. The number of carbonyl (C=O) groups is 1. The highest BCUT2D eigenvalue weighted by Crippen LogP contribution is 2.22. The first-order valence-electron chi connectivity index (χ1n) is 13.6. The third-order valence-corrected chi connectivity index (χ3v) is 6.70. The van der Waals surface area contributed by atoms with E-state index in [4.69, 9.17) is 8.85 Å². The summed E-state index contributed by atoms with van der Waals surface area (Å²) in [5.74, 6) is -0.390. The van der Waals surface area contributed by atoms with Crippen LogP contribution in [0.1, 0.15) is 44.8 Å². The van der Waals surface area contributed by atoms with Gasteiger partial charge in [0.1, 0.15) is 5.69 Å². The zero-order chi connectivity index (χ0) is 26.9. The van der Waals surface area contributed by atoms with Gasteiger partial charge in [0.25, 0.3) is 11.5 Å². The molecule has 0 spiro atoms. The number of aromatic amines is 1. The van der Waals surface area contributed by atoms with Crippen LogP contribution < -0.4 is 15.8 Å². The summed E-state index contributed by atoms with van der Waals surface area (Å²) in [6.07, 6.45) is 3.22. The lowest BCUT2D eigenvalue weighted by atomic mass is 10.1. The number of carbonyl (C=O) groups excluding carboxylic acids is 1. The second kappa shape index (κ2) is 10.1. The minimum Gasteiger partial charge on any atom is -0.379 e. The third kappa shape index (κ3) is 5.21. The lowest BCUT2D eigenvalue weighted by molar-refractivity contribution is 0.0924. The van der Waals surface area contributed by atoms with Crippen LogP contribution >= 0.6 is 0 Å². The highest BCUT2D eigenvalue weighted by Gasteiger charge is 2.22. The van der Waals surface area contributed by atoms with Crippen LogP contribution in [0.3, 0.4) is 0 Å². The van der Waals surface area contributed by atoms with E-state index in [0.29, 0.717) is 58.0 Å². The molecule has 9 nitrogen and oxygen atoms in total. The minimum absolute atomic E-state index is 0.0598. The molecule has 9 heteroatoms. The molecule has 184 valence electrons. The van der Waals surface area contributed by atoms with E-state index in [2.05, 4.69) is 25.2 Å². The standard InChI is InChI=1S/C26H32N6O3/c1-3-19-13-22-23(30-25(19)33)12-18(14-27-22)15-31-7-9-32(10-8-31)24-5-4-21(28-17(24)2)26(34)29-20-6-11-35-16-20/h4-5,12-14,20H,3,6-11,15-16H2,1-2H3,(H,29,34)(H,30,33)/t20-/m1/s1/i2D3. The molecule has 3 aromatic rings. The fraction of sp³-hybridized carbons (Fsp3) is 0.462. The van der Waals surface area contributed by atoms with Gasteiger partial charge in [-0.05, 0) is 49.5 Å². The number of H-pyrrole nitrogens is 1. The molecule has 0 saturated carbocycles. The molecule has 3 aromatic heterocycles. The van der Waals surface area contributed by atoms with Crippen LogP contribution in [0.4, 0.5) is 5.69 Å². The van der Waals surface area contributed by atoms with Gasteiger partial charge >= 0.3 is 0 Å². The van der Waals surface area contributed by atoms with E-state index < -0.39 is 12.8 Å². The number of aryl methyl sites for hydroxylation is 2. The normalized spacial score (nSPS) is 20.4. The van der Waals surface area contributed by atoms with Crippen molar-refractivity contribution in [3.8, 4) is 0 Å². The summed E-state index contributed by atoms with van der Waals surface area (Å²) in [4.78, 5) is 40.9. The second-order valence-electron chi connectivity index (χ2n) is 9.12. The van der Waals surface area contributed by atoms with Crippen molar-refractivity contribution >= 4 is 22.6 Å². The Labute approximate surface area is 208 Å². The Balaban J connectivity index is 1.26. The van der Waals surface area contributed by atoms with E-state index >= 15 is 0 Å². The number of ether oxygens (including phenoxy) is 1. The van der Waals surface area contributed by atoms with Gasteiger partial charge < -0.3 is 19.9 Å². The summed E-state index contributed by atoms with van der Waals surface area (Å²) in [5, 5.41) is 2.87. The molecule has 5 rings (SSSR count). The molecular formula is C26H32N6O3. The van der Waals surface area contributed by atoms with Crippen LogP contribution in [0.15, 0.2) is 35.3 Å². The smallest absolute Gasteiger partial charge is 0.270 e. The summed E-state index contributed by atoms with van der Waals surface area (Å²) >= 11 is 0. The van der Waals surface area contributed by atoms with E-state index in [1.807, 2.05) is 30.2 Å². The Morgan fingerprint density at radius 1 is 1.29 bits per heavy atom. The highest BCUT2D eigenvalue weighted by atomic mass is 16.5. The maximum absolute atomic E-state index is 12.7. The number of pyridine rings is 3. The number of rotatable bonds is 6. The van der Waals surface area contributed by atoms with Crippen LogP contribution in [-0.4, -0.2) is 71.2 Å². The monoisotopic (exact) mass is 479 g/mol. The van der Waals surface area contributed by atoms with Crippen LogP contribution in [0.2, 0.25) is 0 Å². The summed E-state index contributed by atoms with van der Waals surface area (Å²) in [7, 11) is 0. The summed E-state index contributed by atoms with van der Waals surface area (Å²) in [5.41, 5.74) is 3.70. The van der Waals surface area contributed by atoms with Gasteiger partial charge in [-0.3, -0.25) is 19.5 Å². The number of aromatic nitrogens is 3. The lowest BCUT2D eigenvalue weighted by Gasteiger charge is -2.36. The van der Waals surface area contributed by atoms with Gasteiger partial charge in [-0.2, -0.15) is 0 Å². The minimum atomic E-state index is -2.45. The molecule has 2 fully saturated rings. The molecular weight excluding hydrogens is 444 g/mol. The lowest BCUT2D eigenvalue weighted by Crippen LogP contribution is -2.46. The van der Waals surface area contributed by atoms with E-state index in [1.165, 1.54) is 0 Å². The molecule has 2 aliphatic heterocycles. The number of piperazine rings is 1. The molecule has 0 bridgehead atoms. The van der Waals surface area contributed by atoms with Crippen molar-refractivity contribution in [3.05, 3.63) is 63.3 Å². The second-order valence-corrected chi connectivity index (χ2v) is 9.12. The van der Waals surface area contributed by atoms with Gasteiger partial charge in [-0.1, -0.05) is 6.92 Å². The number of anilines is 1. The number of nitrogens with zero attached hydrogens (tertiary/aromatic N) is 4. The predicted octanol–water partition coefficient (Wildman–Crippen LogP) is 2.03. The fourth-order valence-corrected chi connectivity index (χ4v) is 4.66. The van der Waals surface area contributed by atoms with E-state index in [-0.39, 0.29) is 23.0 Å². The number of nitrogens with one attached hydrogen (secondary N) is 2. The SMILES string of the molecule is [2H]C([2H])([2H])c1nc(C(=O)N[C@@H]2CCOC2)ccc1N1CCN(Cc2cnc3cc(CC)c(=O)[nH]c3c2)CC1. The zero-order valence-electron chi connectivity index (χ0n) is 22.8. The molecule has 5 heterocycles. The number of fused-ring (bicyclic) bond motifs is 1. The van der Waals surface area contributed by atoms with Crippen LogP contribution in [0, 0.1) is 6.85 Å². The van der Waals surface area contributed by atoms with Crippen molar-refractivity contribution in [2.45, 2.75) is 39.2 Å². The van der Waals surface area contributed by atoms with E-state index in [9.17, 15) is 9.59 Å². The molecule has 35 heavy (non-hydrogen) atoms. The van der Waals surface area contributed by atoms with Gasteiger partial charge in [0.05, 0.1) is 35.1 Å². The average molecular weight is 480 g/mol. The highest BCUT2D eigenvalue weighted by molar-refractivity contribution is 5.92. The molecule has 0 unspecified atom stereocenters. The molecule has 0 radical (unpaired) electrons. The van der Waals surface area contributed by atoms with Gasteiger partial charge in [0.2, 0.25) is 0 Å². The Morgan fingerprint density at radius 2 is 2.14 bits per heavy atom. The third-order valence-electron chi connectivity index (χ3n) is 6.70. The van der Waals surface area contributed by atoms with Crippen molar-refractivity contribution in [1.29, 1.82) is 0 Å². The van der Waals surface area contributed by atoms with Crippen LogP contribution in [0.25, 0.3) is 11.0 Å². The van der Waals surface area contributed by atoms with Crippen LogP contribution in [0.5, 0.6) is 0 Å². The Hall–Kier alpha value is -3.30. The summed E-state index contributed by atoms with van der Waals surface area (Å²) in [6, 6.07) is 7.01. The Bertz CT molecular complexity index is 1380. The molecule has 0 aromatic carbocycles. The summed E-state index contributed by atoms with van der Waals surface area (Å²) < 4.78 is 29.4. The van der Waals surface area contributed by atoms with Crippen molar-refractivity contribution < 1.29 is 13.6 Å². The van der Waals surface area contributed by atoms with Gasteiger partial charge in [0, 0.05) is 55.2 Å². The molecule has 0 aliphatic carbocycles. The van der Waals surface area contributed by atoms with Gasteiger partial charge in [-0.25, -0.2) is 4.98 Å². The van der Waals surface area contributed by atoms with Crippen molar-refractivity contribution in [1.82, 2.24) is 25.2 Å².